The van der Waals surface area contributed by atoms with Gasteiger partial charge in [-0.1, -0.05) is 6.07 Å². The average Bonchev–Trinajstić information content (AvgIpc) is 3.82. The van der Waals surface area contributed by atoms with E-state index >= 15 is 0 Å². The number of rotatable bonds is 9. The van der Waals surface area contributed by atoms with Gasteiger partial charge in [0.2, 0.25) is 12.7 Å². The first-order valence-corrected chi connectivity index (χ1v) is 14.7. The highest BCUT2D eigenvalue weighted by Gasteiger charge is 2.31. The molecule has 1 atom stereocenters. The van der Waals surface area contributed by atoms with Crippen LogP contribution in [0.25, 0.3) is 0 Å². The Bertz CT molecular complexity index is 1580. The van der Waals surface area contributed by atoms with Crippen molar-refractivity contribution in [2.45, 2.75) is 31.7 Å². The molecular formula is C32H33N5O7. The van der Waals surface area contributed by atoms with Crippen LogP contribution in [-0.4, -0.2) is 71.7 Å². The first kappa shape index (κ1) is 29.0. The van der Waals surface area contributed by atoms with Crippen LogP contribution in [0.5, 0.6) is 11.5 Å². The highest BCUT2D eigenvalue weighted by Crippen LogP contribution is 2.35. The lowest BCUT2D eigenvalue weighted by molar-refractivity contribution is -0.137. The van der Waals surface area contributed by atoms with Gasteiger partial charge < -0.3 is 35.0 Å². The van der Waals surface area contributed by atoms with Gasteiger partial charge in [0.15, 0.2) is 11.5 Å². The number of anilines is 2. The van der Waals surface area contributed by atoms with Crippen LogP contribution in [0.2, 0.25) is 0 Å². The van der Waals surface area contributed by atoms with Crippen molar-refractivity contribution in [1.82, 2.24) is 15.2 Å². The molecule has 1 unspecified atom stereocenters. The van der Waals surface area contributed by atoms with Crippen LogP contribution in [0.15, 0.2) is 60.9 Å². The van der Waals surface area contributed by atoms with Gasteiger partial charge in [-0.05, 0) is 67.3 Å². The first-order valence-electron chi connectivity index (χ1n) is 14.7. The molecule has 6 rings (SSSR count). The molecule has 12 heteroatoms. The number of hydrogen-bond acceptors (Lipinski definition) is 8. The Hall–Kier alpha value is -5.13. The number of hydrogen-bond donors (Lipinski definition) is 3. The zero-order valence-corrected chi connectivity index (χ0v) is 24.0. The number of aliphatic carboxylic acids is 1. The lowest BCUT2D eigenvalue weighted by Gasteiger charge is -2.27. The maximum atomic E-state index is 13.3. The van der Waals surface area contributed by atoms with Gasteiger partial charge in [-0.15, -0.1) is 0 Å². The maximum absolute atomic E-state index is 13.3. The second kappa shape index (κ2) is 12.6. The third-order valence-corrected chi connectivity index (χ3v) is 7.98. The number of carbonyl (C=O) groups excluding carboxylic acids is 3. The Morgan fingerprint density at radius 1 is 0.955 bits per heavy atom. The molecule has 1 saturated heterocycles. The Balaban J connectivity index is 1.20. The van der Waals surface area contributed by atoms with Crippen molar-refractivity contribution < 1.29 is 33.8 Å². The molecule has 3 heterocycles. The summed E-state index contributed by atoms with van der Waals surface area (Å²) in [5, 5.41) is 15.3. The third-order valence-electron chi connectivity index (χ3n) is 7.98. The van der Waals surface area contributed by atoms with Crippen molar-refractivity contribution in [1.29, 1.82) is 0 Å². The fourth-order valence-electron chi connectivity index (χ4n) is 5.46. The molecule has 1 aliphatic carbocycles. The highest BCUT2D eigenvalue weighted by molar-refractivity contribution is 6.01. The molecule has 228 valence electrons. The Labute approximate surface area is 254 Å². The van der Waals surface area contributed by atoms with E-state index in [2.05, 4.69) is 20.5 Å². The number of aromatic nitrogens is 1. The molecule has 3 amide bonds. The fourth-order valence-corrected chi connectivity index (χ4v) is 5.46. The van der Waals surface area contributed by atoms with Crippen molar-refractivity contribution in [3.63, 3.8) is 0 Å². The molecule has 3 aromatic rings. The lowest BCUT2D eigenvalue weighted by Crippen LogP contribution is -2.35. The van der Waals surface area contributed by atoms with Gasteiger partial charge in [-0.2, -0.15) is 0 Å². The van der Waals surface area contributed by atoms with Crippen molar-refractivity contribution >= 4 is 35.1 Å². The first-order chi connectivity index (χ1) is 21.4. The smallest absolute Gasteiger partial charge is 0.305 e. The van der Waals surface area contributed by atoms with Crippen LogP contribution in [0, 0.1) is 5.92 Å². The molecule has 44 heavy (non-hydrogen) atoms. The predicted octanol–water partition coefficient (Wildman–Crippen LogP) is 3.46. The van der Waals surface area contributed by atoms with Crippen molar-refractivity contribution in [3.8, 4) is 11.5 Å². The maximum Gasteiger partial charge on any atom is 0.305 e. The molecule has 12 nitrogen and oxygen atoms in total. The van der Waals surface area contributed by atoms with Crippen molar-refractivity contribution in [2.75, 3.05) is 43.2 Å². The highest BCUT2D eigenvalue weighted by atomic mass is 16.7. The zero-order valence-electron chi connectivity index (χ0n) is 24.0. The minimum Gasteiger partial charge on any atom is -0.481 e. The van der Waals surface area contributed by atoms with E-state index in [1.807, 2.05) is 4.90 Å². The number of benzene rings is 2. The standard InChI is InChI=1S/C32H33N5O7/c38-29(39)17-24(23-3-1-10-33-18-23)34-31(41)21-6-8-26(25(15-21)35-30(40)20-4-5-20)36-11-2-12-37(14-13-36)32(42)22-7-9-27-28(16-22)44-19-43-27/h1,3,6-10,15-16,18,20,24H,2,4-5,11-14,17,19H2,(H,34,41)(H,35,40)(H,38,39). The van der Waals surface area contributed by atoms with Gasteiger partial charge in [0.1, 0.15) is 0 Å². The van der Waals surface area contributed by atoms with Gasteiger partial charge in [0.05, 0.1) is 23.8 Å². The minimum absolute atomic E-state index is 0.0511. The number of carbonyl (C=O) groups is 4. The summed E-state index contributed by atoms with van der Waals surface area (Å²) in [5.74, 6) is -0.590. The largest absolute Gasteiger partial charge is 0.481 e. The van der Waals surface area contributed by atoms with Crippen LogP contribution in [0.3, 0.4) is 0 Å². The number of carboxylic acids is 1. The van der Waals surface area contributed by atoms with E-state index in [1.165, 1.54) is 6.20 Å². The topological polar surface area (TPSA) is 150 Å². The number of nitrogens with one attached hydrogen (secondary N) is 2. The summed E-state index contributed by atoms with van der Waals surface area (Å²) < 4.78 is 10.8. The minimum atomic E-state index is -1.06. The molecular weight excluding hydrogens is 566 g/mol. The molecule has 2 aliphatic heterocycles. The summed E-state index contributed by atoms with van der Waals surface area (Å²) in [7, 11) is 0. The molecule has 0 radical (unpaired) electrons. The molecule has 3 N–H and O–H groups in total. The number of pyridine rings is 1. The van der Waals surface area contributed by atoms with Crippen LogP contribution >= 0.6 is 0 Å². The average molecular weight is 600 g/mol. The predicted molar refractivity (Wildman–Crippen MR) is 160 cm³/mol. The number of amides is 3. The number of nitrogens with zero attached hydrogens (tertiary/aromatic N) is 3. The molecule has 0 bridgehead atoms. The number of ether oxygens (including phenoxy) is 2. The van der Waals surface area contributed by atoms with Crippen LogP contribution in [0.4, 0.5) is 11.4 Å². The molecule has 1 saturated carbocycles. The summed E-state index contributed by atoms with van der Waals surface area (Å²) in [6.07, 6.45) is 5.14. The second-order valence-electron chi connectivity index (χ2n) is 11.1. The van der Waals surface area contributed by atoms with Gasteiger partial charge in [-0.3, -0.25) is 24.2 Å². The van der Waals surface area contributed by atoms with E-state index in [9.17, 15) is 24.3 Å². The SMILES string of the molecule is O=C(O)CC(NC(=O)c1ccc(N2CCCN(C(=O)c3ccc4c(c3)OCO4)CC2)c(NC(=O)C2CC2)c1)c1cccnc1. The van der Waals surface area contributed by atoms with Gasteiger partial charge in [0, 0.05) is 55.6 Å². The molecule has 1 aromatic heterocycles. The summed E-state index contributed by atoms with van der Waals surface area (Å²) in [6.45, 7) is 2.33. The van der Waals surface area contributed by atoms with E-state index in [4.69, 9.17) is 9.47 Å². The summed E-state index contributed by atoms with van der Waals surface area (Å²) in [5.41, 5.74) is 2.64. The zero-order chi connectivity index (χ0) is 30.6. The molecule has 3 aliphatic rings. The fraction of sp³-hybridized carbons (Fsp3) is 0.344. The monoisotopic (exact) mass is 599 g/mol. The summed E-state index contributed by atoms with van der Waals surface area (Å²) >= 11 is 0. The Morgan fingerprint density at radius 2 is 1.77 bits per heavy atom. The summed E-state index contributed by atoms with van der Waals surface area (Å²) in [6, 6.07) is 12.9. The third kappa shape index (κ3) is 6.59. The van der Waals surface area contributed by atoms with E-state index in [0.717, 1.165) is 18.5 Å². The van der Waals surface area contributed by atoms with Gasteiger partial charge in [0.25, 0.3) is 11.8 Å². The second-order valence-corrected chi connectivity index (χ2v) is 11.1. The van der Waals surface area contributed by atoms with E-state index in [0.29, 0.717) is 60.9 Å². The van der Waals surface area contributed by atoms with Crippen LogP contribution < -0.4 is 25.0 Å². The Morgan fingerprint density at radius 3 is 2.55 bits per heavy atom. The quantitative estimate of drug-likeness (QED) is 0.336. The van der Waals surface area contributed by atoms with E-state index in [1.54, 1.807) is 54.7 Å². The normalized spacial score (nSPS) is 16.5. The molecule has 2 aromatic carbocycles. The van der Waals surface area contributed by atoms with Gasteiger partial charge >= 0.3 is 5.97 Å². The Kier molecular flexibility index (Phi) is 8.31. The lowest BCUT2D eigenvalue weighted by atomic mass is 10.0. The van der Waals surface area contributed by atoms with E-state index in [-0.39, 0.29) is 36.5 Å². The van der Waals surface area contributed by atoms with Crippen LogP contribution in [0.1, 0.15) is 58.0 Å². The van der Waals surface area contributed by atoms with Gasteiger partial charge in [-0.25, -0.2) is 0 Å². The molecule has 2 fully saturated rings. The van der Waals surface area contributed by atoms with Crippen LogP contribution in [-0.2, 0) is 9.59 Å². The van der Waals surface area contributed by atoms with E-state index < -0.39 is 17.9 Å². The van der Waals surface area contributed by atoms with Crippen molar-refractivity contribution in [2.24, 2.45) is 5.92 Å². The van der Waals surface area contributed by atoms with Crippen molar-refractivity contribution in [3.05, 3.63) is 77.6 Å². The number of carboxylic acid groups (broad SMARTS) is 1. The number of fused-ring (bicyclic) bond motifs is 1. The molecule has 0 spiro atoms. The summed E-state index contributed by atoms with van der Waals surface area (Å²) in [4.78, 5) is 59.0.